The molecule has 2 unspecified atom stereocenters. The Morgan fingerprint density at radius 1 is 0.556 bits per heavy atom. The van der Waals surface area contributed by atoms with Crippen molar-refractivity contribution in [2.75, 3.05) is 0 Å². The highest BCUT2D eigenvalue weighted by Crippen LogP contribution is 2.51. The second-order valence-electron chi connectivity index (χ2n) is 7.11. The minimum atomic E-state index is -3.72. The van der Waals surface area contributed by atoms with Crippen LogP contribution in [0, 0.1) is 0 Å². The molecule has 4 rings (SSSR count). The van der Waals surface area contributed by atoms with Gasteiger partial charge in [0.25, 0.3) is 5.91 Å². The van der Waals surface area contributed by atoms with Gasteiger partial charge in [-0.05, 0) is 0 Å². The Hall–Kier alpha value is -5.27. The largest absolute Gasteiger partial charge is 0.513 e. The first kappa shape index (κ1) is 23.9. The molecule has 0 saturated carbocycles. The zero-order valence-electron chi connectivity index (χ0n) is 17.7. The Morgan fingerprint density at radius 2 is 0.917 bits per heavy atom. The number of benzene rings is 1. The molecule has 3 heterocycles. The number of amides is 1. The lowest BCUT2D eigenvalue weighted by molar-refractivity contribution is -0.465. The van der Waals surface area contributed by atoms with Crippen molar-refractivity contribution in [1.29, 1.82) is 0 Å². The van der Waals surface area contributed by atoms with E-state index in [1.165, 1.54) is 18.2 Å². The summed E-state index contributed by atoms with van der Waals surface area (Å²) in [5.41, 5.74) is 1.93. The van der Waals surface area contributed by atoms with Crippen LogP contribution in [0.15, 0.2) is 66.8 Å². The van der Waals surface area contributed by atoms with Crippen LogP contribution in [0.2, 0.25) is 0 Å². The van der Waals surface area contributed by atoms with Gasteiger partial charge in [-0.3, -0.25) is 4.79 Å². The molecular weight excluding hydrogens is 486 g/mol. The molecule has 0 saturated heterocycles. The fourth-order valence-corrected chi connectivity index (χ4v) is 3.56. The molecule has 14 heteroatoms. The van der Waals surface area contributed by atoms with Crippen molar-refractivity contribution in [3.05, 3.63) is 72.4 Å². The average molecular weight is 499 g/mol. The van der Waals surface area contributed by atoms with Crippen molar-refractivity contribution < 1.29 is 62.0 Å². The zero-order chi connectivity index (χ0) is 26.1. The van der Waals surface area contributed by atoms with E-state index < -0.39 is 64.6 Å². The minimum Gasteiger partial charge on any atom is -0.432 e. The maximum atomic E-state index is 13.2. The zero-order valence-corrected chi connectivity index (χ0v) is 17.7. The quantitative estimate of drug-likeness (QED) is 0.371. The van der Waals surface area contributed by atoms with Crippen molar-refractivity contribution in [3.8, 4) is 0 Å². The lowest BCUT2D eigenvalue weighted by Crippen LogP contribution is -2.77. The molecule has 184 valence electrons. The van der Waals surface area contributed by atoms with E-state index in [1.54, 1.807) is 0 Å². The number of nitrogens with two attached hydrogens (primary N) is 1. The van der Waals surface area contributed by atoms with E-state index in [9.17, 15) is 33.6 Å². The van der Waals surface area contributed by atoms with E-state index in [0.717, 1.165) is 12.1 Å². The fourth-order valence-electron chi connectivity index (χ4n) is 3.56. The highest BCUT2D eigenvalue weighted by molar-refractivity contribution is 6.00. The van der Waals surface area contributed by atoms with Gasteiger partial charge in [0.1, 0.15) is 0 Å². The summed E-state index contributed by atoms with van der Waals surface area (Å²) in [7, 11) is 0. The number of cyclic esters (lactones) is 1. The number of carbonyl (C=O) groups is 7. The van der Waals surface area contributed by atoms with Crippen LogP contribution in [-0.4, -0.2) is 53.5 Å². The molecule has 2 atom stereocenters. The molecular formula is C22H13NO13. The molecule has 3 aliphatic heterocycles. The highest BCUT2D eigenvalue weighted by atomic mass is 16.9. The van der Waals surface area contributed by atoms with Gasteiger partial charge in [-0.25, -0.2) is 28.8 Å². The molecule has 0 bridgehead atoms. The molecule has 3 aliphatic rings. The second-order valence-corrected chi connectivity index (χ2v) is 7.11. The number of fused-ring (bicyclic) bond motifs is 1. The molecule has 0 radical (unpaired) electrons. The molecule has 14 nitrogen and oxygen atoms in total. The van der Waals surface area contributed by atoms with E-state index in [0.29, 0.717) is 36.5 Å². The van der Waals surface area contributed by atoms with Crippen LogP contribution >= 0.6 is 0 Å². The number of rotatable bonds is 2. The third kappa shape index (κ3) is 3.66. The molecule has 1 amide bonds. The van der Waals surface area contributed by atoms with Gasteiger partial charge < -0.3 is 34.2 Å². The SMILES string of the molecule is NC(=O)C1(c2ccccc2)OC(=O)/C=C\C(=O)OC12OC(=O)/C=C\C(=O)OC21OC(=O)C=CC(=O)O1. The topological polar surface area (TPSA) is 201 Å². The van der Waals surface area contributed by atoms with Crippen molar-refractivity contribution in [2.24, 2.45) is 5.73 Å². The van der Waals surface area contributed by atoms with E-state index in [2.05, 4.69) is 0 Å². The lowest BCUT2D eigenvalue weighted by atomic mass is 9.81. The van der Waals surface area contributed by atoms with Gasteiger partial charge in [0, 0.05) is 42.0 Å². The standard InChI is InChI=1S/C22H13NO13/c23-19(30)20(12-4-2-1-3-5-12)21(32-14(25)7-6-13(24)31-20)22(34-16(27)9-8-15(26)33-21)35-17(28)10-11-18(29)36-22/h1-11H,(H2,23,30)/b7-6-,9-8-. The van der Waals surface area contributed by atoms with Gasteiger partial charge in [-0.15, -0.1) is 0 Å². The van der Waals surface area contributed by atoms with E-state index in [4.69, 9.17) is 34.2 Å². The third-order valence-electron chi connectivity index (χ3n) is 4.91. The first-order chi connectivity index (χ1) is 17.0. The van der Waals surface area contributed by atoms with Crippen molar-refractivity contribution >= 4 is 41.7 Å². The van der Waals surface area contributed by atoms with Gasteiger partial charge in [0.05, 0.1) is 0 Å². The van der Waals surface area contributed by atoms with Crippen LogP contribution in [0.4, 0.5) is 0 Å². The monoisotopic (exact) mass is 499 g/mol. The van der Waals surface area contributed by atoms with E-state index in [-0.39, 0.29) is 0 Å². The van der Waals surface area contributed by atoms with Crippen molar-refractivity contribution in [1.82, 2.24) is 0 Å². The molecule has 0 aliphatic carbocycles. The number of hydrogen-bond donors (Lipinski definition) is 1. The summed E-state index contributed by atoms with van der Waals surface area (Å²) in [5.74, 6) is -18.0. The van der Waals surface area contributed by atoms with Crippen LogP contribution in [0.5, 0.6) is 0 Å². The van der Waals surface area contributed by atoms with Gasteiger partial charge in [0.15, 0.2) is 0 Å². The van der Waals surface area contributed by atoms with Crippen molar-refractivity contribution in [2.45, 2.75) is 17.4 Å². The maximum Gasteiger partial charge on any atom is 0.513 e. The molecule has 2 N–H and O–H groups in total. The number of hydrogen-bond acceptors (Lipinski definition) is 13. The van der Waals surface area contributed by atoms with Gasteiger partial charge >= 0.3 is 53.2 Å². The number of primary amides is 1. The number of carbonyl (C=O) groups excluding carboxylic acids is 7. The third-order valence-corrected chi connectivity index (χ3v) is 4.91. The number of esters is 6. The first-order valence-corrected chi connectivity index (χ1v) is 9.81. The minimum absolute atomic E-state index is 0.439. The van der Waals surface area contributed by atoms with Crippen LogP contribution in [-0.2, 0) is 67.6 Å². The summed E-state index contributed by atoms with van der Waals surface area (Å²) in [6.07, 6.45) is 3.06. The van der Waals surface area contributed by atoms with Gasteiger partial charge in [0.2, 0.25) is 0 Å². The first-order valence-electron chi connectivity index (χ1n) is 9.81. The molecule has 1 aromatic carbocycles. The summed E-state index contributed by atoms with van der Waals surface area (Å²) in [6.45, 7) is 0. The molecule has 1 aromatic rings. The van der Waals surface area contributed by atoms with E-state index in [1.807, 2.05) is 0 Å². The molecule has 36 heavy (non-hydrogen) atoms. The van der Waals surface area contributed by atoms with Gasteiger partial charge in [-0.2, -0.15) is 0 Å². The molecule has 0 fully saturated rings. The Kier molecular flexibility index (Phi) is 5.64. The Labute approximate surface area is 199 Å². The maximum absolute atomic E-state index is 13.2. The van der Waals surface area contributed by atoms with Crippen LogP contribution in [0.3, 0.4) is 0 Å². The molecule has 2 spiro atoms. The Morgan fingerprint density at radius 3 is 1.31 bits per heavy atom. The summed E-state index contributed by atoms with van der Waals surface area (Å²) < 4.78 is 31.0. The summed E-state index contributed by atoms with van der Waals surface area (Å²) >= 11 is 0. The van der Waals surface area contributed by atoms with Gasteiger partial charge in [-0.1, -0.05) is 30.3 Å². The average Bonchev–Trinajstić information content (AvgIpc) is 2.96. The fraction of sp³-hybridized carbons (Fsp3) is 0.136. The van der Waals surface area contributed by atoms with Crippen LogP contribution < -0.4 is 5.73 Å². The summed E-state index contributed by atoms with van der Waals surface area (Å²) in [6, 6.07) is 6.33. The summed E-state index contributed by atoms with van der Waals surface area (Å²) in [4.78, 5) is 88.8. The van der Waals surface area contributed by atoms with E-state index >= 15 is 0 Å². The highest BCUT2D eigenvalue weighted by Gasteiger charge is 2.84. The molecule has 0 aromatic heterocycles. The van der Waals surface area contributed by atoms with Crippen molar-refractivity contribution in [3.63, 3.8) is 0 Å². The predicted molar refractivity (Wildman–Crippen MR) is 107 cm³/mol. The Bertz CT molecular complexity index is 1260. The van der Waals surface area contributed by atoms with Crippen LogP contribution in [0.25, 0.3) is 0 Å². The Balaban J connectivity index is 2.20. The number of ether oxygens (including phenoxy) is 6. The summed E-state index contributed by atoms with van der Waals surface area (Å²) in [5, 5.41) is 0. The predicted octanol–water partition coefficient (Wildman–Crippen LogP) is -1.31. The smallest absolute Gasteiger partial charge is 0.432 e. The lowest BCUT2D eigenvalue weighted by Gasteiger charge is -2.50. The second kappa shape index (κ2) is 8.50. The van der Waals surface area contributed by atoms with Crippen LogP contribution in [0.1, 0.15) is 5.56 Å². The normalized spacial score (nSPS) is 29.0.